The largest absolute Gasteiger partial charge is 0.416 e. The molecule has 0 unspecified atom stereocenters. The van der Waals surface area contributed by atoms with Crippen LogP contribution < -0.4 is 5.32 Å². The molecule has 19 heavy (non-hydrogen) atoms. The van der Waals surface area contributed by atoms with Gasteiger partial charge in [0.05, 0.1) is 5.56 Å². The summed E-state index contributed by atoms with van der Waals surface area (Å²) in [6.45, 7) is 0. The number of anilines is 1. The zero-order chi connectivity index (χ0) is 14.1. The van der Waals surface area contributed by atoms with Gasteiger partial charge in [-0.05, 0) is 37.1 Å². The van der Waals surface area contributed by atoms with Gasteiger partial charge < -0.3 is 5.32 Å². The molecule has 2 rings (SSSR count). The van der Waals surface area contributed by atoms with Crippen LogP contribution in [0.15, 0.2) is 24.3 Å². The van der Waals surface area contributed by atoms with E-state index in [0.717, 1.165) is 12.1 Å². The Hall–Kier alpha value is -1.33. The van der Waals surface area contributed by atoms with Gasteiger partial charge in [0.25, 0.3) is 0 Å². The molecule has 0 saturated heterocycles. The molecule has 1 aliphatic rings. The van der Waals surface area contributed by atoms with Crippen molar-refractivity contribution in [3.63, 3.8) is 0 Å². The van der Waals surface area contributed by atoms with E-state index in [-0.39, 0.29) is 18.9 Å². The second kappa shape index (κ2) is 4.98. The topological polar surface area (TPSA) is 12.0 Å². The second-order valence-corrected chi connectivity index (χ2v) is 4.85. The molecular formula is C13H14F5N. The van der Waals surface area contributed by atoms with Gasteiger partial charge in [-0.2, -0.15) is 13.2 Å². The highest BCUT2D eigenvalue weighted by Crippen LogP contribution is 2.35. The minimum absolute atomic E-state index is 0.101. The maximum absolute atomic E-state index is 12.9. The lowest BCUT2D eigenvalue weighted by Crippen LogP contribution is -2.32. The molecule has 0 spiro atoms. The van der Waals surface area contributed by atoms with Crippen LogP contribution in [-0.2, 0) is 6.18 Å². The molecule has 1 saturated carbocycles. The zero-order valence-electron chi connectivity index (χ0n) is 10.1. The maximum Gasteiger partial charge on any atom is 0.416 e. The lowest BCUT2D eigenvalue weighted by molar-refractivity contribution is -0.137. The Bertz CT molecular complexity index is 414. The van der Waals surface area contributed by atoms with E-state index in [9.17, 15) is 22.0 Å². The minimum atomic E-state index is -4.36. The van der Waals surface area contributed by atoms with E-state index in [2.05, 4.69) is 5.32 Å². The fourth-order valence-corrected chi connectivity index (χ4v) is 2.18. The van der Waals surface area contributed by atoms with E-state index in [4.69, 9.17) is 0 Å². The van der Waals surface area contributed by atoms with Gasteiger partial charge >= 0.3 is 6.18 Å². The first kappa shape index (κ1) is 14.1. The van der Waals surface area contributed by atoms with Gasteiger partial charge in [-0.3, -0.25) is 0 Å². The molecule has 0 amide bonds. The summed E-state index contributed by atoms with van der Waals surface area (Å²) in [6.07, 6.45) is -4.05. The fraction of sp³-hybridized carbons (Fsp3) is 0.538. The first-order valence-electron chi connectivity index (χ1n) is 6.08. The van der Waals surface area contributed by atoms with Crippen molar-refractivity contribution in [2.24, 2.45) is 0 Å². The number of alkyl halides is 5. The van der Waals surface area contributed by atoms with E-state index in [1.165, 1.54) is 12.1 Å². The average molecular weight is 279 g/mol. The van der Waals surface area contributed by atoms with E-state index in [1.54, 1.807) is 0 Å². The summed E-state index contributed by atoms with van der Waals surface area (Å²) in [6, 6.07) is 4.53. The SMILES string of the molecule is FC1(F)CCC(Nc2ccc(C(F)(F)F)cc2)CC1. The van der Waals surface area contributed by atoms with Crippen LogP contribution in [0.2, 0.25) is 0 Å². The van der Waals surface area contributed by atoms with Crippen molar-refractivity contribution >= 4 is 5.69 Å². The second-order valence-electron chi connectivity index (χ2n) is 4.85. The van der Waals surface area contributed by atoms with Crippen molar-refractivity contribution in [2.45, 2.75) is 43.8 Å². The number of hydrogen-bond acceptors (Lipinski definition) is 1. The Morgan fingerprint density at radius 3 is 2.00 bits per heavy atom. The van der Waals surface area contributed by atoms with Crippen LogP contribution in [0.1, 0.15) is 31.2 Å². The van der Waals surface area contributed by atoms with Crippen molar-refractivity contribution in [3.8, 4) is 0 Å². The average Bonchev–Trinajstić information content (AvgIpc) is 2.31. The first-order chi connectivity index (χ1) is 8.76. The summed E-state index contributed by atoms with van der Waals surface area (Å²) < 4.78 is 63.0. The molecule has 1 fully saturated rings. The zero-order valence-corrected chi connectivity index (χ0v) is 10.1. The van der Waals surface area contributed by atoms with Crippen LogP contribution in [0.5, 0.6) is 0 Å². The molecule has 0 aromatic heterocycles. The van der Waals surface area contributed by atoms with Gasteiger partial charge in [0.2, 0.25) is 5.92 Å². The molecule has 1 N–H and O–H groups in total. The third-order valence-corrected chi connectivity index (χ3v) is 3.30. The highest BCUT2D eigenvalue weighted by atomic mass is 19.4. The van der Waals surface area contributed by atoms with Crippen molar-refractivity contribution < 1.29 is 22.0 Å². The van der Waals surface area contributed by atoms with Crippen molar-refractivity contribution in [1.82, 2.24) is 0 Å². The Balaban J connectivity index is 1.94. The number of rotatable bonds is 2. The predicted octanol–water partition coefficient (Wildman–Crippen LogP) is 4.70. The van der Waals surface area contributed by atoms with Gasteiger partial charge in [-0.1, -0.05) is 0 Å². The number of nitrogens with one attached hydrogen (secondary N) is 1. The Kier molecular flexibility index (Phi) is 3.69. The molecule has 0 atom stereocenters. The third kappa shape index (κ3) is 3.81. The quantitative estimate of drug-likeness (QED) is 0.774. The van der Waals surface area contributed by atoms with Crippen LogP contribution in [0.3, 0.4) is 0 Å². The monoisotopic (exact) mass is 279 g/mol. The highest BCUT2D eigenvalue weighted by Gasteiger charge is 2.35. The molecule has 0 heterocycles. The molecule has 1 aromatic carbocycles. The van der Waals surface area contributed by atoms with Gasteiger partial charge in [0.15, 0.2) is 0 Å². The Morgan fingerprint density at radius 2 is 1.53 bits per heavy atom. The summed E-state index contributed by atoms with van der Waals surface area (Å²) >= 11 is 0. The van der Waals surface area contributed by atoms with Crippen LogP contribution in [0.25, 0.3) is 0 Å². The summed E-state index contributed by atoms with van der Waals surface area (Å²) in [5.74, 6) is -2.60. The first-order valence-corrected chi connectivity index (χ1v) is 6.08. The molecule has 0 radical (unpaired) electrons. The standard InChI is InChI=1S/C13H14F5N/c14-12(15)7-5-11(6-8-12)19-10-3-1-9(2-4-10)13(16,17)18/h1-4,11,19H,5-8H2. The Labute approximate surface area is 107 Å². The molecule has 1 aliphatic carbocycles. The Morgan fingerprint density at radius 1 is 1.00 bits per heavy atom. The van der Waals surface area contributed by atoms with E-state index in [0.29, 0.717) is 18.5 Å². The van der Waals surface area contributed by atoms with Crippen molar-refractivity contribution in [3.05, 3.63) is 29.8 Å². The molecule has 1 nitrogen and oxygen atoms in total. The van der Waals surface area contributed by atoms with Crippen LogP contribution in [0, 0.1) is 0 Å². The number of hydrogen-bond donors (Lipinski definition) is 1. The van der Waals surface area contributed by atoms with Crippen molar-refractivity contribution in [2.75, 3.05) is 5.32 Å². The summed E-state index contributed by atoms with van der Waals surface area (Å²) in [5.41, 5.74) is -0.184. The summed E-state index contributed by atoms with van der Waals surface area (Å²) in [4.78, 5) is 0. The van der Waals surface area contributed by atoms with E-state index in [1.807, 2.05) is 0 Å². The van der Waals surface area contributed by atoms with Crippen LogP contribution in [-0.4, -0.2) is 12.0 Å². The molecule has 1 aromatic rings. The van der Waals surface area contributed by atoms with Crippen LogP contribution in [0.4, 0.5) is 27.6 Å². The summed E-state index contributed by atoms with van der Waals surface area (Å²) in [7, 11) is 0. The van der Waals surface area contributed by atoms with Gasteiger partial charge in [-0.25, -0.2) is 8.78 Å². The van der Waals surface area contributed by atoms with E-state index >= 15 is 0 Å². The van der Waals surface area contributed by atoms with Gasteiger partial charge in [0, 0.05) is 24.6 Å². The van der Waals surface area contributed by atoms with Crippen molar-refractivity contribution in [1.29, 1.82) is 0 Å². The third-order valence-electron chi connectivity index (χ3n) is 3.30. The molecule has 6 heteroatoms. The highest BCUT2D eigenvalue weighted by molar-refractivity contribution is 5.46. The molecule has 0 aliphatic heterocycles. The van der Waals surface area contributed by atoms with Crippen LogP contribution >= 0.6 is 0 Å². The molecular weight excluding hydrogens is 265 g/mol. The lowest BCUT2D eigenvalue weighted by Gasteiger charge is -2.29. The normalized spacial score (nSPS) is 20.3. The molecule has 106 valence electrons. The van der Waals surface area contributed by atoms with Gasteiger partial charge in [-0.15, -0.1) is 0 Å². The maximum atomic E-state index is 12.9. The minimum Gasteiger partial charge on any atom is -0.382 e. The van der Waals surface area contributed by atoms with Gasteiger partial charge in [0.1, 0.15) is 0 Å². The fourth-order valence-electron chi connectivity index (χ4n) is 2.18. The number of benzene rings is 1. The number of halogens is 5. The van der Waals surface area contributed by atoms with E-state index < -0.39 is 17.7 Å². The summed E-state index contributed by atoms with van der Waals surface area (Å²) in [5, 5.41) is 3.00. The smallest absolute Gasteiger partial charge is 0.382 e. The lowest BCUT2D eigenvalue weighted by atomic mass is 9.92. The molecule has 0 bridgehead atoms. The predicted molar refractivity (Wildman–Crippen MR) is 62.3 cm³/mol.